The monoisotopic (exact) mass is 306 g/mol. The van der Waals surface area contributed by atoms with Gasteiger partial charge in [-0.2, -0.15) is 0 Å². The molecule has 1 fully saturated rings. The van der Waals surface area contributed by atoms with Crippen LogP contribution >= 0.6 is 0 Å². The number of aryl methyl sites for hydroxylation is 2. The average molecular weight is 306 g/mol. The zero-order valence-electron chi connectivity index (χ0n) is 12.9. The third-order valence-electron chi connectivity index (χ3n) is 4.75. The number of rotatable bonds is 3. The molecule has 3 rings (SSSR count). The van der Waals surface area contributed by atoms with Crippen molar-refractivity contribution >= 4 is 5.69 Å². The van der Waals surface area contributed by atoms with Crippen LogP contribution in [0.15, 0.2) is 12.1 Å². The molecule has 120 valence electrons. The van der Waals surface area contributed by atoms with Gasteiger partial charge >= 0.3 is 5.69 Å². The Hall–Kier alpha value is -1.66. The second-order valence-corrected chi connectivity index (χ2v) is 5.93. The first-order valence-corrected chi connectivity index (χ1v) is 7.85. The van der Waals surface area contributed by atoms with E-state index in [-0.39, 0.29) is 10.6 Å². The van der Waals surface area contributed by atoms with Crippen LogP contribution in [0.3, 0.4) is 0 Å². The molecule has 1 unspecified atom stereocenters. The van der Waals surface area contributed by atoms with E-state index in [1.165, 1.54) is 12.7 Å². The Labute approximate surface area is 130 Å². The number of morpholine rings is 1. The van der Waals surface area contributed by atoms with Gasteiger partial charge in [-0.25, -0.2) is 0 Å². The van der Waals surface area contributed by atoms with E-state index in [0.717, 1.165) is 57.6 Å². The minimum Gasteiger partial charge on any atom is -0.490 e. The molecule has 2 aliphatic rings. The molecule has 1 aromatic rings. The van der Waals surface area contributed by atoms with Crippen LogP contribution in [0.5, 0.6) is 5.75 Å². The number of benzene rings is 1. The van der Waals surface area contributed by atoms with E-state index in [4.69, 9.17) is 9.47 Å². The first-order chi connectivity index (χ1) is 10.7. The Kier molecular flexibility index (Phi) is 4.59. The fourth-order valence-corrected chi connectivity index (χ4v) is 3.52. The lowest BCUT2D eigenvalue weighted by molar-refractivity contribution is -0.385. The Morgan fingerprint density at radius 2 is 1.86 bits per heavy atom. The van der Waals surface area contributed by atoms with Crippen molar-refractivity contribution in [2.24, 2.45) is 0 Å². The summed E-state index contributed by atoms with van der Waals surface area (Å²) < 4.78 is 10.6. The highest BCUT2D eigenvalue weighted by atomic mass is 16.6. The van der Waals surface area contributed by atoms with Gasteiger partial charge in [0.15, 0.2) is 5.75 Å². The van der Waals surface area contributed by atoms with Crippen LogP contribution in [0.4, 0.5) is 5.69 Å². The number of methoxy groups -OCH3 is 1. The molecule has 0 aromatic heterocycles. The molecule has 6 heteroatoms. The average Bonchev–Trinajstić information content (AvgIpc) is 2.76. The molecule has 1 saturated heterocycles. The van der Waals surface area contributed by atoms with Gasteiger partial charge in [0, 0.05) is 25.2 Å². The van der Waals surface area contributed by atoms with Crippen LogP contribution < -0.4 is 4.74 Å². The summed E-state index contributed by atoms with van der Waals surface area (Å²) in [4.78, 5) is 13.3. The number of hydrogen-bond acceptors (Lipinski definition) is 5. The van der Waals surface area contributed by atoms with E-state index in [0.29, 0.717) is 11.8 Å². The highest BCUT2D eigenvalue weighted by molar-refractivity contribution is 5.52. The van der Waals surface area contributed by atoms with Gasteiger partial charge in [0.2, 0.25) is 0 Å². The highest BCUT2D eigenvalue weighted by Crippen LogP contribution is 2.34. The molecule has 0 radical (unpaired) electrons. The highest BCUT2D eigenvalue weighted by Gasteiger charge is 2.26. The zero-order valence-corrected chi connectivity index (χ0v) is 12.9. The van der Waals surface area contributed by atoms with E-state index >= 15 is 0 Å². The maximum atomic E-state index is 11.2. The molecule has 1 heterocycles. The Morgan fingerprint density at radius 3 is 2.45 bits per heavy atom. The topological polar surface area (TPSA) is 64.8 Å². The van der Waals surface area contributed by atoms with E-state index in [2.05, 4.69) is 4.90 Å². The molecule has 6 nitrogen and oxygen atoms in total. The Bertz CT molecular complexity index is 555. The molecule has 1 atom stereocenters. The van der Waals surface area contributed by atoms with Crippen molar-refractivity contribution in [1.29, 1.82) is 0 Å². The van der Waals surface area contributed by atoms with Crippen molar-refractivity contribution in [3.05, 3.63) is 33.4 Å². The number of nitro groups is 1. The number of fused-ring (bicyclic) bond motifs is 1. The van der Waals surface area contributed by atoms with Gasteiger partial charge in [-0.15, -0.1) is 0 Å². The number of nitro benzene ring substituents is 1. The standard InChI is InChI=1S/C16H22N2O4/c1-21-16-11-13-3-5-14(17-6-8-22-9-7-17)4-2-12(13)10-15(16)18(19)20/h10-11,14H,2-9H2,1H3. The lowest BCUT2D eigenvalue weighted by atomic mass is 10.0. The van der Waals surface area contributed by atoms with Crippen molar-refractivity contribution in [3.63, 3.8) is 0 Å². The smallest absolute Gasteiger partial charge is 0.311 e. The lowest BCUT2D eigenvalue weighted by Gasteiger charge is -2.33. The van der Waals surface area contributed by atoms with Crippen LogP contribution in [-0.4, -0.2) is 49.3 Å². The van der Waals surface area contributed by atoms with Gasteiger partial charge < -0.3 is 9.47 Å². The van der Waals surface area contributed by atoms with Crippen molar-refractivity contribution in [3.8, 4) is 5.75 Å². The molecule has 1 aliphatic carbocycles. The largest absolute Gasteiger partial charge is 0.490 e. The van der Waals surface area contributed by atoms with E-state index in [1.807, 2.05) is 6.07 Å². The first kappa shape index (κ1) is 15.2. The van der Waals surface area contributed by atoms with Crippen molar-refractivity contribution in [2.75, 3.05) is 33.4 Å². The molecular formula is C16H22N2O4. The molecule has 1 aromatic carbocycles. The summed E-state index contributed by atoms with van der Waals surface area (Å²) in [5.74, 6) is 0.369. The normalized spacial score (nSPS) is 22.7. The molecule has 22 heavy (non-hydrogen) atoms. The van der Waals surface area contributed by atoms with Crippen LogP contribution in [0, 0.1) is 10.1 Å². The third kappa shape index (κ3) is 3.08. The minimum atomic E-state index is -0.358. The summed E-state index contributed by atoms with van der Waals surface area (Å²) in [5.41, 5.74) is 2.37. The quantitative estimate of drug-likeness (QED) is 0.486. The van der Waals surface area contributed by atoms with Crippen LogP contribution in [0.1, 0.15) is 24.0 Å². The lowest BCUT2D eigenvalue weighted by Crippen LogP contribution is -2.43. The maximum Gasteiger partial charge on any atom is 0.311 e. The maximum absolute atomic E-state index is 11.2. The summed E-state index contributed by atoms with van der Waals surface area (Å²) in [6.45, 7) is 3.60. The van der Waals surface area contributed by atoms with Gasteiger partial charge in [0.1, 0.15) is 0 Å². The molecule has 0 spiro atoms. The van der Waals surface area contributed by atoms with Gasteiger partial charge in [0.05, 0.1) is 25.2 Å². The minimum absolute atomic E-state index is 0.0751. The molecule has 1 aliphatic heterocycles. The predicted octanol–water partition coefficient (Wildman–Crippen LogP) is 2.18. The van der Waals surface area contributed by atoms with Crippen molar-refractivity contribution in [2.45, 2.75) is 31.7 Å². The van der Waals surface area contributed by atoms with Gasteiger partial charge in [-0.3, -0.25) is 15.0 Å². The van der Waals surface area contributed by atoms with Gasteiger partial charge in [-0.1, -0.05) is 0 Å². The summed E-state index contributed by atoms with van der Waals surface area (Å²) in [7, 11) is 1.49. The molecular weight excluding hydrogens is 284 g/mol. The Balaban J connectivity index is 1.79. The van der Waals surface area contributed by atoms with Crippen LogP contribution in [0.2, 0.25) is 0 Å². The van der Waals surface area contributed by atoms with Crippen LogP contribution in [0.25, 0.3) is 0 Å². The predicted molar refractivity (Wildman–Crippen MR) is 82.5 cm³/mol. The second-order valence-electron chi connectivity index (χ2n) is 5.93. The summed E-state index contributed by atoms with van der Waals surface area (Å²) in [5, 5.41) is 11.2. The Morgan fingerprint density at radius 1 is 1.23 bits per heavy atom. The van der Waals surface area contributed by atoms with Gasteiger partial charge in [0.25, 0.3) is 0 Å². The summed E-state index contributed by atoms with van der Waals surface area (Å²) >= 11 is 0. The first-order valence-electron chi connectivity index (χ1n) is 7.85. The second kappa shape index (κ2) is 6.62. The number of nitrogens with zero attached hydrogens (tertiary/aromatic N) is 2. The number of ether oxygens (including phenoxy) is 2. The van der Waals surface area contributed by atoms with E-state index < -0.39 is 0 Å². The van der Waals surface area contributed by atoms with Gasteiger partial charge in [-0.05, 0) is 42.9 Å². The van der Waals surface area contributed by atoms with Crippen LogP contribution in [-0.2, 0) is 17.6 Å². The molecule has 0 amide bonds. The van der Waals surface area contributed by atoms with Crippen molar-refractivity contribution < 1.29 is 14.4 Å². The SMILES string of the molecule is COc1cc2c(cc1[N+](=O)[O-])CCC(N1CCOCC1)CC2. The van der Waals surface area contributed by atoms with E-state index in [1.54, 1.807) is 6.07 Å². The molecule has 0 N–H and O–H groups in total. The fraction of sp³-hybridized carbons (Fsp3) is 0.625. The fourth-order valence-electron chi connectivity index (χ4n) is 3.52. The zero-order chi connectivity index (χ0) is 15.5. The number of hydrogen-bond donors (Lipinski definition) is 0. The molecule has 0 saturated carbocycles. The summed E-state index contributed by atoms with van der Waals surface area (Å²) in [6.07, 6.45) is 3.98. The third-order valence-corrected chi connectivity index (χ3v) is 4.75. The summed E-state index contributed by atoms with van der Waals surface area (Å²) in [6, 6.07) is 4.10. The molecule has 0 bridgehead atoms. The van der Waals surface area contributed by atoms with E-state index in [9.17, 15) is 10.1 Å². The van der Waals surface area contributed by atoms with Crippen molar-refractivity contribution in [1.82, 2.24) is 4.90 Å².